The Hall–Kier alpha value is -1.70. The van der Waals surface area contributed by atoms with Crippen molar-refractivity contribution >= 4 is 6.08 Å². The van der Waals surface area contributed by atoms with E-state index in [0.29, 0.717) is 6.17 Å². The van der Waals surface area contributed by atoms with Gasteiger partial charge in [-0.15, -0.1) is 0 Å². The molecule has 17 heavy (non-hydrogen) atoms. The summed E-state index contributed by atoms with van der Waals surface area (Å²) >= 11 is 0. The van der Waals surface area contributed by atoms with E-state index in [-0.39, 0.29) is 0 Å². The van der Waals surface area contributed by atoms with Crippen LogP contribution in [0.2, 0.25) is 0 Å². The highest BCUT2D eigenvalue weighted by molar-refractivity contribution is 5.60. The van der Waals surface area contributed by atoms with Crippen LogP contribution in [0, 0.1) is 0 Å². The third kappa shape index (κ3) is 1.47. The average molecular weight is 226 g/mol. The smallest absolute Gasteiger partial charge is 0.132 e. The molecule has 0 spiro atoms. The molecule has 2 heterocycles. The van der Waals surface area contributed by atoms with Crippen LogP contribution in [0.5, 0.6) is 0 Å². The van der Waals surface area contributed by atoms with Gasteiger partial charge in [-0.25, -0.2) is 0 Å². The zero-order valence-electron chi connectivity index (χ0n) is 10.4. The van der Waals surface area contributed by atoms with Crippen molar-refractivity contribution in [3.8, 4) is 0 Å². The molecule has 3 rings (SSSR count). The lowest BCUT2D eigenvalue weighted by Crippen LogP contribution is -2.30. The summed E-state index contributed by atoms with van der Waals surface area (Å²) in [5.41, 5.74) is 4.31. The van der Waals surface area contributed by atoms with Crippen LogP contribution in [-0.4, -0.2) is 16.3 Å². The third-order valence-electron chi connectivity index (χ3n) is 3.69. The lowest BCUT2D eigenvalue weighted by Gasteiger charge is -2.35. The van der Waals surface area contributed by atoms with Gasteiger partial charge < -0.3 is 9.80 Å². The molecular formula is C15H18N2. The van der Waals surface area contributed by atoms with Gasteiger partial charge in [0.15, 0.2) is 0 Å². The summed E-state index contributed by atoms with van der Waals surface area (Å²) in [6.45, 7) is 5.49. The van der Waals surface area contributed by atoms with Crippen molar-refractivity contribution in [2.24, 2.45) is 0 Å². The van der Waals surface area contributed by atoms with Gasteiger partial charge in [-0.3, -0.25) is 0 Å². The van der Waals surface area contributed by atoms with Gasteiger partial charge in [-0.2, -0.15) is 0 Å². The second-order valence-corrected chi connectivity index (χ2v) is 4.54. The SMILES string of the molecule is CCc1cccc2c1C1N(C=C2)C=CN1CC. The minimum atomic E-state index is 0.371. The fourth-order valence-electron chi connectivity index (χ4n) is 2.79. The number of hydrogen-bond acceptors (Lipinski definition) is 2. The van der Waals surface area contributed by atoms with E-state index in [4.69, 9.17) is 0 Å². The van der Waals surface area contributed by atoms with Crippen molar-refractivity contribution < 1.29 is 0 Å². The number of hydrogen-bond donors (Lipinski definition) is 0. The van der Waals surface area contributed by atoms with Crippen LogP contribution in [0.4, 0.5) is 0 Å². The standard InChI is InChI=1S/C15H18N2/c1-3-12-6-5-7-13-8-9-17-11-10-16(4-2)15(17)14(12)13/h5-11,15H,3-4H2,1-2H3. The van der Waals surface area contributed by atoms with E-state index in [1.807, 2.05) is 0 Å². The Morgan fingerprint density at radius 3 is 2.76 bits per heavy atom. The summed E-state index contributed by atoms with van der Waals surface area (Å²) in [5, 5.41) is 0. The molecule has 0 radical (unpaired) electrons. The second kappa shape index (κ2) is 3.95. The van der Waals surface area contributed by atoms with Gasteiger partial charge in [0.05, 0.1) is 0 Å². The molecule has 1 aromatic carbocycles. The van der Waals surface area contributed by atoms with Crippen LogP contribution < -0.4 is 0 Å². The van der Waals surface area contributed by atoms with E-state index in [9.17, 15) is 0 Å². The topological polar surface area (TPSA) is 6.48 Å². The summed E-state index contributed by atoms with van der Waals surface area (Å²) in [6.07, 6.45) is 10.2. The Bertz CT molecular complexity index is 488. The highest BCUT2D eigenvalue weighted by Gasteiger charge is 2.31. The lowest BCUT2D eigenvalue weighted by atomic mass is 9.94. The van der Waals surface area contributed by atoms with Crippen LogP contribution in [0.3, 0.4) is 0 Å². The van der Waals surface area contributed by atoms with Gasteiger partial charge in [-0.1, -0.05) is 25.1 Å². The minimum absolute atomic E-state index is 0.371. The van der Waals surface area contributed by atoms with E-state index in [2.05, 4.69) is 66.5 Å². The Morgan fingerprint density at radius 1 is 1.12 bits per heavy atom. The summed E-state index contributed by atoms with van der Waals surface area (Å²) in [5.74, 6) is 0. The fourth-order valence-corrected chi connectivity index (χ4v) is 2.79. The molecule has 2 heteroatoms. The Labute approximate surface area is 103 Å². The van der Waals surface area contributed by atoms with Crippen molar-refractivity contribution in [3.63, 3.8) is 0 Å². The van der Waals surface area contributed by atoms with Crippen molar-refractivity contribution in [3.05, 3.63) is 53.5 Å². The Morgan fingerprint density at radius 2 is 2.00 bits per heavy atom. The molecule has 0 saturated carbocycles. The first-order valence-corrected chi connectivity index (χ1v) is 6.36. The minimum Gasteiger partial charge on any atom is -0.352 e. The quantitative estimate of drug-likeness (QED) is 0.763. The molecule has 88 valence electrons. The first-order chi connectivity index (χ1) is 8.35. The molecule has 0 aromatic heterocycles. The largest absolute Gasteiger partial charge is 0.352 e. The molecule has 0 saturated heterocycles. The average Bonchev–Trinajstić information content (AvgIpc) is 2.81. The first-order valence-electron chi connectivity index (χ1n) is 6.36. The number of nitrogens with zero attached hydrogens (tertiary/aromatic N) is 2. The van der Waals surface area contributed by atoms with Crippen molar-refractivity contribution in [1.29, 1.82) is 0 Å². The highest BCUT2D eigenvalue weighted by atomic mass is 15.4. The van der Waals surface area contributed by atoms with Gasteiger partial charge >= 0.3 is 0 Å². The van der Waals surface area contributed by atoms with Gasteiger partial charge in [0.25, 0.3) is 0 Å². The highest BCUT2D eigenvalue weighted by Crippen LogP contribution is 2.38. The van der Waals surface area contributed by atoms with E-state index in [0.717, 1.165) is 13.0 Å². The number of fused-ring (bicyclic) bond motifs is 3. The predicted molar refractivity (Wildman–Crippen MR) is 71.0 cm³/mol. The Kier molecular flexibility index (Phi) is 2.43. The molecule has 2 aliphatic rings. The van der Waals surface area contributed by atoms with Gasteiger partial charge in [0.2, 0.25) is 0 Å². The molecule has 0 N–H and O–H groups in total. The molecule has 2 aliphatic heterocycles. The molecule has 1 unspecified atom stereocenters. The van der Waals surface area contributed by atoms with E-state index in [1.165, 1.54) is 16.7 Å². The van der Waals surface area contributed by atoms with E-state index in [1.54, 1.807) is 0 Å². The van der Waals surface area contributed by atoms with Crippen LogP contribution in [0.1, 0.15) is 36.7 Å². The lowest BCUT2D eigenvalue weighted by molar-refractivity contribution is 0.200. The van der Waals surface area contributed by atoms with Crippen LogP contribution in [-0.2, 0) is 6.42 Å². The monoisotopic (exact) mass is 226 g/mol. The molecule has 0 amide bonds. The molecule has 1 atom stereocenters. The number of rotatable bonds is 2. The zero-order chi connectivity index (χ0) is 11.8. The van der Waals surface area contributed by atoms with Gasteiger partial charge in [0, 0.05) is 30.7 Å². The van der Waals surface area contributed by atoms with Crippen LogP contribution in [0.15, 0.2) is 36.8 Å². The summed E-state index contributed by atoms with van der Waals surface area (Å²) < 4.78 is 0. The van der Waals surface area contributed by atoms with Crippen LogP contribution >= 0.6 is 0 Å². The molecule has 0 bridgehead atoms. The van der Waals surface area contributed by atoms with Crippen molar-refractivity contribution in [2.45, 2.75) is 26.4 Å². The zero-order valence-corrected chi connectivity index (χ0v) is 10.4. The van der Waals surface area contributed by atoms with E-state index < -0.39 is 0 Å². The molecule has 2 nitrogen and oxygen atoms in total. The molecule has 0 fully saturated rings. The Balaban J connectivity index is 2.14. The third-order valence-corrected chi connectivity index (χ3v) is 3.69. The number of benzene rings is 1. The number of aryl methyl sites for hydroxylation is 1. The molecular weight excluding hydrogens is 208 g/mol. The van der Waals surface area contributed by atoms with Gasteiger partial charge in [0.1, 0.15) is 6.17 Å². The summed E-state index contributed by atoms with van der Waals surface area (Å²) in [6, 6.07) is 6.63. The maximum atomic E-state index is 2.39. The van der Waals surface area contributed by atoms with Crippen molar-refractivity contribution in [1.82, 2.24) is 9.80 Å². The fraction of sp³-hybridized carbons (Fsp3) is 0.333. The summed E-state index contributed by atoms with van der Waals surface area (Å²) in [4.78, 5) is 4.69. The second-order valence-electron chi connectivity index (χ2n) is 4.54. The normalized spacial score (nSPS) is 20.7. The van der Waals surface area contributed by atoms with Crippen LogP contribution in [0.25, 0.3) is 6.08 Å². The van der Waals surface area contributed by atoms with E-state index >= 15 is 0 Å². The maximum Gasteiger partial charge on any atom is 0.132 e. The predicted octanol–water partition coefficient (Wildman–Crippen LogP) is 3.34. The van der Waals surface area contributed by atoms with Gasteiger partial charge in [-0.05, 0) is 30.5 Å². The first kappa shape index (κ1) is 10.5. The maximum absolute atomic E-state index is 2.39. The van der Waals surface area contributed by atoms with Crippen molar-refractivity contribution in [2.75, 3.05) is 6.54 Å². The summed E-state index contributed by atoms with van der Waals surface area (Å²) in [7, 11) is 0. The molecule has 1 aromatic rings. The molecule has 0 aliphatic carbocycles.